The summed E-state index contributed by atoms with van der Waals surface area (Å²) in [5.41, 5.74) is 2.35. The van der Waals surface area contributed by atoms with E-state index in [1.807, 2.05) is 24.5 Å². The zero-order chi connectivity index (χ0) is 8.93. The normalized spacial score (nSPS) is 9.85. The average molecular weight is 171 g/mol. The molecule has 0 radical (unpaired) electrons. The maximum Gasteiger partial charge on any atom is 0.115 e. The number of aromatic nitrogens is 3. The van der Waals surface area contributed by atoms with Crippen LogP contribution in [0.3, 0.4) is 0 Å². The van der Waals surface area contributed by atoms with E-state index in [4.69, 9.17) is 0 Å². The molecule has 0 amide bonds. The molecule has 2 rings (SSSR count). The first-order valence-electron chi connectivity index (χ1n) is 4.08. The van der Waals surface area contributed by atoms with E-state index in [0.29, 0.717) is 0 Å². The van der Waals surface area contributed by atoms with Gasteiger partial charge in [0.1, 0.15) is 6.33 Å². The molecule has 0 aliphatic rings. The minimum atomic E-state index is 0.864. The number of pyridine rings is 1. The van der Waals surface area contributed by atoms with Gasteiger partial charge in [0.05, 0.1) is 0 Å². The highest BCUT2D eigenvalue weighted by Crippen LogP contribution is 2.04. The van der Waals surface area contributed by atoms with Crippen LogP contribution in [0.2, 0.25) is 0 Å². The SMILES string of the molecule is c1cc(Cc2cncnc2)ccn1. The van der Waals surface area contributed by atoms with E-state index >= 15 is 0 Å². The molecule has 0 aromatic carbocycles. The molecule has 0 unspecified atom stereocenters. The molecule has 0 fully saturated rings. The average Bonchev–Trinajstić information content (AvgIpc) is 2.21. The first-order valence-corrected chi connectivity index (χ1v) is 4.08. The molecule has 0 saturated heterocycles. The van der Waals surface area contributed by atoms with E-state index in [2.05, 4.69) is 15.0 Å². The second-order valence-electron chi connectivity index (χ2n) is 2.78. The molecule has 2 heterocycles. The van der Waals surface area contributed by atoms with Gasteiger partial charge in [-0.1, -0.05) is 0 Å². The maximum absolute atomic E-state index is 3.96. The van der Waals surface area contributed by atoms with Crippen LogP contribution in [0.1, 0.15) is 11.1 Å². The number of nitrogens with zero attached hydrogens (tertiary/aromatic N) is 3. The van der Waals surface area contributed by atoms with E-state index in [1.54, 1.807) is 12.4 Å². The molecule has 0 bridgehead atoms. The quantitative estimate of drug-likeness (QED) is 0.686. The van der Waals surface area contributed by atoms with Gasteiger partial charge in [-0.3, -0.25) is 4.98 Å². The van der Waals surface area contributed by atoms with Crippen molar-refractivity contribution in [2.24, 2.45) is 0 Å². The van der Waals surface area contributed by atoms with Gasteiger partial charge in [-0.25, -0.2) is 9.97 Å². The predicted octanol–water partition coefficient (Wildman–Crippen LogP) is 1.46. The molecule has 3 heteroatoms. The van der Waals surface area contributed by atoms with Gasteiger partial charge in [0.25, 0.3) is 0 Å². The molecule has 0 aliphatic carbocycles. The Hall–Kier alpha value is -1.77. The lowest BCUT2D eigenvalue weighted by molar-refractivity contribution is 1.06. The van der Waals surface area contributed by atoms with Crippen LogP contribution in [0.15, 0.2) is 43.2 Å². The molecule has 2 aromatic heterocycles. The van der Waals surface area contributed by atoms with Crippen LogP contribution in [-0.4, -0.2) is 15.0 Å². The van der Waals surface area contributed by atoms with Gasteiger partial charge in [-0.05, 0) is 23.3 Å². The molecule has 13 heavy (non-hydrogen) atoms. The van der Waals surface area contributed by atoms with Crippen LogP contribution in [0.4, 0.5) is 0 Å². The van der Waals surface area contributed by atoms with Crippen LogP contribution >= 0.6 is 0 Å². The van der Waals surface area contributed by atoms with E-state index < -0.39 is 0 Å². The molecule has 0 aliphatic heterocycles. The molecule has 0 N–H and O–H groups in total. The van der Waals surface area contributed by atoms with Crippen LogP contribution in [0.25, 0.3) is 0 Å². The molecule has 64 valence electrons. The minimum Gasteiger partial charge on any atom is -0.265 e. The Kier molecular flexibility index (Phi) is 2.27. The third-order valence-corrected chi connectivity index (χ3v) is 1.77. The summed E-state index contributed by atoms with van der Waals surface area (Å²) in [7, 11) is 0. The van der Waals surface area contributed by atoms with Crippen molar-refractivity contribution in [2.75, 3.05) is 0 Å². The van der Waals surface area contributed by atoms with Gasteiger partial charge in [0.2, 0.25) is 0 Å². The summed E-state index contributed by atoms with van der Waals surface area (Å²) in [5, 5.41) is 0. The van der Waals surface area contributed by atoms with Crippen molar-refractivity contribution in [3.8, 4) is 0 Å². The summed E-state index contributed by atoms with van der Waals surface area (Å²) in [6.45, 7) is 0. The van der Waals surface area contributed by atoms with Crippen molar-refractivity contribution in [3.63, 3.8) is 0 Å². The first-order chi connectivity index (χ1) is 6.45. The molecule has 0 spiro atoms. The first kappa shape index (κ1) is 7.86. The summed E-state index contributed by atoms with van der Waals surface area (Å²) >= 11 is 0. The molecule has 0 saturated carbocycles. The van der Waals surface area contributed by atoms with Gasteiger partial charge in [0, 0.05) is 31.2 Å². The Morgan fingerprint density at radius 1 is 0.846 bits per heavy atom. The van der Waals surface area contributed by atoms with E-state index in [9.17, 15) is 0 Å². The highest BCUT2D eigenvalue weighted by molar-refractivity contribution is 5.19. The number of hydrogen-bond acceptors (Lipinski definition) is 3. The summed E-state index contributed by atoms with van der Waals surface area (Å²) in [5.74, 6) is 0. The standard InChI is InChI=1S/C10H9N3/c1-3-11-4-2-9(1)5-10-6-12-8-13-7-10/h1-4,6-8H,5H2. The summed E-state index contributed by atoms with van der Waals surface area (Å²) in [6, 6.07) is 3.99. The fourth-order valence-corrected chi connectivity index (χ4v) is 1.16. The van der Waals surface area contributed by atoms with Crippen molar-refractivity contribution in [3.05, 3.63) is 54.4 Å². The largest absolute Gasteiger partial charge is 0.265 e. The fourth-order valence-electron chi connectivity index (χ4n) is 1.16. The molecule has 2 aromatic rings. The lowest BCUT2D eigenvalue weighted by Crippen LogP contribution is -1.89. The van der Waals surface area contributed by atoms with Gasteiger partial charge < -0.3 is 0 Å². The monoisotopic (exact) mass is 171 g/mol. The van der Waals surface area contributed by atoms with Crippen LogP contribution in [0.5, 0.6) is 0 Å². The van der Waals surface area contributed by atoms with E-state index in [0.717, 1.165) is 12.0 Å². The summed E-state index contributed by atoms with van der Waals surface area (Å²) in [6.07, 6.45) is 9.64. The van der Waals surface area contributed by atoms with E-state index in [-0.39, 0.29) is 0 Å². The number of rotatable bonds is 2. The third kappa shape index (κ3) is 2.08. The van der Waals surface area contributed by atoms with Crippen molar-refractivity contribution < 1.29 is 0 Å². The lowest BCUT2D eigenvalue weighted by atomic mass is 10.1. The van der Waals surface area contributed by atoms with Crippen molar-refractivity contribution in [1.82, 2.24) is 15.0 Å². The molecular formula is C10H9N3. The number of hydrogen-bond donors (Lipinski definition) is 0. The predicted molar refractivity (Wildman–Crippen MR) is 49.1 cm³/mol. The Morgan fingerprint density at radius 3 is 2.23 bits per heavy atom. The van der Waals surface area contributed by atoms with Crippen molar-refractivity contribution in [2.45, 2.75) is 6.42 Å². The van der Waals surface area contributed by atoms with Gasteiger partial charge in [0.15, 0.2) is 0 Å². The van der Waals surface area contributed by atoms with Crippen molar-refractivity contribution in [1.29, 1.82) is 0 Å². The Bertz CT molecular complexity index is 321. The van der Waals surface area contributed by atoms with Crippen LogP contribution in [0, 0.1) is 0 Å². The second-order valence-corrected chi connectivity index (χ2v) is 2.78. The second kappa shape index (κ2) is 3.76. The summed E-state index contributed by atoms with van der Waals surface area (Å²) in [4.78, 5) is 11.9. The topological polar surface area (TPSA) is 38.7 Å². The summed E-state index contributed by atoms with van der Waals surface area (Å²) < 4.78 is 0. The van der Waals surface area contributed by atoms with Gasteiger partial charge in [-0.2, -0.15) is 0 Å². The lowest BCUT2D eigenvalue weighted by Gasteiger charge is -1.98. The Labute approximate surface area is 76.5 Å². The maximum atomic E-state index is 3.96. The third-order valence-electron chi connectivity index (χ3n) is 1.77. The molecule has 3 nitrogen and oxygen atoms in total. The zero-order valence-corrected chi connectivity index (χ0v) is 7.09. The van der Waals surface area contributed by atoms with Gasteiger partial charge in [-0.15, -0.1) is 0 Å². The highest BCUT2D eigenvalue weighted by atomic mass is 14.8. The van der Waals surface area contributed by atoms with E-state index in [1.165, 1.54) is 11.9 Å². The van der Waals surface area contributed by atoms with Crippen molar-refractivity contribution >= 4 is 0 Å². The fraction of sp³-hybridized carbons (Fsp3) is 0.100. The van der Waals surface area contributed by atoms with Crippen LogP contribution < -0.4 is 0 Å². The molecular weight excluding hydrogens is 162 g/mol. The smallest absolute Gasteiger partial charge is 0.115 e. The molecule has 0 atom stereocenters. The van der Waals surface area contributed by atoms with Gasteiger partial charge >= 0.3 is 0 Å². The Balaban J connectivity index is 2.16. The Morgan fingerprint density at radius 2 is 1.54 bits per heavy atom. The van der Waals surface area contributed by atoms with Crippen LogP contribution in [-0.2, 0) is 6.42 Å². The minimum absolute atomic E-state index is 0.864. The highest BCUT2D eigenvalue weighted by Gasteiger charge is 1.94. The zero-order valence-electron chi connectivity index (χ0n) is 7.09.